The van der Waals surface area contributed by atoms with Gasteiger partial charge in [0.15, 0.2) is 15.0 Å². The fourth-order valence-corrected chi connectivity index (χ4v) is 4.33. The molecule has 0 aliphatic carbocycles. The summed E-state index contributed by atoms with van der Waals surface area (Å²) in [6.45, 7) is 0. The Morgan fingerprint density at radius 3 is 2.38 bits per heavy atom. The van der Waals surface area contributed by atoms with Crippen molar-refractivity contribution >= 4 is 26.3 Å². The Hall–Kier alpha value is -2.25. The van der Waals surface area contributed by atoms with Gasteiger partial charge in [-0.2, -0.15) is 0 Å². The molecule has 0 spiro atoms. The standard InChI is InChI=1S/C17H15FN2O2S2/c1-19-17-20-15(11-7-9-12(18)10-8-11)16(23-17)13-5-3-4-6-14(13)24(2,21)22/h3-10H,1-2H3,(H,19,20). The van der Waals surface area contributed by atoms with E-state index >= 15 is 0 Å². The minimum Gasteiger partial charge on any atom is -0.365 e. The number of nitrogens with zero attached hydrogens (tertiary/aromatic N) is 1. The normalized spacial score (nSPS) is 11.5. The highest BCUT2D eigenvalue weighted by Gasteiger charge is 2.20. The zero-order valence-corrected chi connectivity index (χ0v) is 14.7. The summed E-state index contributed by atoms with van der Waals surface area (Å²) in [5, 5.41) is 3.64. The van der Waals surface area contributed by atoms with Gasteiger partial charge in [-0.25, -0.2) is 17.8 Å². The third kappa shape index (κ3) is 3.18. The van der Waals surface area contributed by atoms with Crippen molar-refractivity contribution in [3.05, 3.63) is 54.3 Å². The molecule has 0 unspecified atom stereocenters. The quantitative estimate of drug-likeness (QED) is 0.760. The van der Waals surface area contributed by atoms with Crippen LogP contribution in [0.25, 0.3) is 21.7 Å². The number of anilines is 1. The number of thiazole rings is 1. The number of aromatic nitrogens is 1. The molecule has 7 heteroatoms. The Morgan fingerprint density at radius 2 is 1.75 bits per heavy atom. The van der Waals surface area contributed by atoms with Gasteiger partial charge < -0.3 is 5.32 Å². The fourth-order valence-electron chi connectivity index (χ4n) is 2.39. The Balaban J connectivity index is 2.26. The van der Waals surface area contributed by atoms with Crippen LogP contribution in [0.15, 0.2) is 53.4 Å². The molecule has 1 N–H and O–H groups in total. The molecule has 0 aliphatic heterocycles. The second kappa shape index (κ2) is 6.33. The average molecular weight is 362 g/mol. The van der Waals surface area contributed by atoms with Crippen molar-refractivity contribution in [3.63, 3.8) is 0 Å². The number of sulfone groups is 1. The summed E-state index contributed by atoms with van der Waals surface area (Å²) in [4.78, 5) is 5.50. The number of halogens is 1. The van der Waals surface area contributed by atoms with Crippen molar-refractivity contribution < 1.29 is 12.8 Å². The SMILES string of the molecule is CNc1nc(-c2ccc(F)cc2)c(-c2ccccc2S(C)(=O)=O)s1. The molecule has 0 saturated heterocycles. The van der Waals surface area contributed by atoms with Gasteiger partial charge in [-0.1, -0.05) is 29.5 Å². The maximum absolute atomic E-state index is 13.2. The molecule has 0 aliphatic rings. The van der Waals surface area contributed by atoms with E-state index in [1.165, 1.54) is 29.7 Å². The Kier molecular flexibility index (Phi) is 4.38. The van der Waals surface area contributed by atoms with Gasteiger partial charge in [0.2, 0.25) is 0 Å². The third-order valence-electron chi connectivity index (χ3n) is 3.49. The third-order valence-corrected chi connectivity index (χ3v) is 5.75. The Bertz CT molecular complexity index is 980. The van der Waals surface area contributed by atoms with Crippen molar-refractivity contribution in [1.29, 1.82) is 0 Å². The van der Waals surface area contributed by atoms with Crippen LogP contribution in [-0.4, -0.2) is 26.7 Å². The smallest absolute Gasteiger partial charge is 0.183 e. The van der Waals surface area contributed by atoms with Crippen LogP contribution in [0.3, 0.4) is 0 Å². The van der Waals surface area contributed by atoms with Crippen LogP contribution in [0.1, 0.15) is 0 Å². The van der Waals surface area contributed by atoms with Crippen molar-refractivity contribution in [1.82, 2.24) is 4.98 Å². The highest BCUT2D eigenvalue weighted by molar-refractivity contribution is 7.90. The molecule has 1 aromatic heterocycles. The second-order valence-electron chi connectivity index (χ2n) is 5.22. The number of nitrogens with one attached hydrogen (secondary N) is 1. The van der Waals surface area contributed by atoms with Crippen molar-refractivity contribution in [2.24, 2.45) is 0 Å². The predicted octanol–water partition coefficient (Wildman–Crippen LogP) is 4.06. The van der Waals surface area contributed by atoms with Crippen LogP contribution in [0, 0.1) is 5.82 Å². The molecule has 0 saturated carbocycles. The molecule has 3 aromatic rings. The summed E-state index contributed by atoms with van der Waals surface area (Å²) in [6.07, 6.45) is 1.18. The van der Waals surface area contributed by atoms with Gasteiger partial charge in [-0.3, -0.25) is 0 Å². The number of hydrogen-bond donors (Lipinski definition) is 1. The number of rotatable bonds is 4. The van der Waals surface area contributed by atoms with Gasteiger partial charge in [-0.15, -0.1) is 0 Å². The molecular formula is C17H15FN2O2S2. The van der Waals surface area contributed by atoms with Crippen LogP contribution < -0.4 is 5.32 Å². The zero-order valence-electron chi connectivity index (χ0n) is 13.1. The fraction of sp³-hybridized carbons (Fsp3) is 0.118. The van der Waals surface area contributed by atoms with E-state index in [2.05, 4.69) is 10.3 Å². The topological polar surface area (TPSA) is 59.1 Å². The van der Waals surface area contributed by atoms with E-state index in [1.807, 2.05) is 0 Å². The van der Waals surface area contributed by atoms with Crippen LogP contribution in [-0.2, 0) is 9.84 Å². The van der Waals surface area contributed by atoms with Gasteiger partial charge in [0.25, 0.3) is 0 Å². The monoisotopic (exact) mass is 362 g/mol. The average Bonchev–Trinajstić information content (AvgIpc) is 2.99. The predicted molar refractivity (Wildman–Crippen MR) is 95.6 cm³/mol. The Labute approximate surface area is 143 Å². The summed E-state index contributed by atoms with van der Waals surface area (Å²) >= 11 is 1.36. The van der Waals surface area contributed by atoms with E-state index in [4.69, 9.17) is 0 Å². The molecule has 0 radical (unpaired) electrons. The first-order valence-electron chi connectivity index (χ1n) is 7.14. The van der Waals surface area contributed by atoms with Crippen molar-refractivity contribution in [2.75, 3.05) is 18.6 Å². The molecule has 0 bridgehead atoms. The number of hydrogen-bond acceptors (Lipinski definition) is 5. The van der Waals surface area contributed by atoms with Crippen molar-refractivity contribution in [2.45, 2.75) is 4.90 Å². The number of benzene rings is 2. The molecule has 0 fully saturated rings. The molecule has 4 nitrogen and oxygen atoms in total. The maximum Gasteiger partial charge on any atom is 0.183 e. The lowest BCUT2D eigenvalue weighted by Gasteiger charge is -2.08. The highest BCUT2D eigenvalue weighted by Crippen LogP contribution is 2.41. The summed E-state index contributed by atoms with van der Waals surface area (Å²) in [7, 11) is -1.64. The van der Waals surface area contributed by atoms with Crippen molar-refractivity contribution in [3.8, 4) is 21.7 Å². The minimum absolute atomic E-state index is 0.250. The van der Waals surface area contributed by atoms with Crippen LogP contribution >= 0.6 is 11.3 Å². The van der Waals surface area contributed by atoms with Crippen LogP contribution in [0.4, 0.5) is 9.52 Å². The maximum atomic E-state index is 13.2. The largest absolute Gasteiger partial charge is 0.365 e. The van der Waals surface area contributed by atoms with Gasteiger partial charge in [0.05, 0.1) is 15.5 Å². The van der Waals surface area contributed by atoms with E-state index in [9.17, 15) is 12.8 Å². The highest BCUT2D eigenvalue weighted by atomic mass is 32.2. The summed E-state index contributed by atoms with van der Waals surface area (Å²) < 4.78 is 37.4. The summed E-state index contributed by atoms with van der Waals surface area (Å²) in [6, 6.07) is 12.8. The Morgan fingerprint density at radius 1 is 1.08 bits per heavy atom. The van der Waals surface area contributed by atoms with Crippen LogP contribution in [0.5, 0.6) is 0 Å². The molecule has 124 valence electrons. The lowest BCUT2D eigenvalue weighted by atomic mass is 10.1. The lowest BCUT2D eigenvalue weighted by molar-refractivity contribution is 0.602. The molecule has 3 rings (SSSR count). The minimum atomic E-state index is -3.39. The van der Waals surface area contributed by atoms with E-state index in [0.29, 0.717) is 16.4 Å². The van der Waals surface area contributed by atoms with Gasteiger partial charge >= 0.3 is 0 Å². The summed E-state index contributed by atoms with van der Waals surface area (Å²) in [5.41, 5.74) is 1.95. The lowest BCUT2D eigenvalue weighted by Crippen LogP contribution is -1.99. The second-order valence-corrected chi connectivity index (χ2v) is 8.21. The summed E-state index contributed by atoms with van der Waals surface area (Å²) in [5.74, 6) is -0.332. The first-order valence-corrected chi connectivity index (χ1v) is 9.85. The van der Waals surface area contributed by atoms with E-state index in [0.717, 1.165) is 10.4 Å². The molecule has 0 amide bonds. The van der Waals surface area contributed by atoms with Gasteiger partial charge in [0, 0.05) is 24.4 Å². The van der Waals surface area contributed by atoms with Gasteiger partial charge in [-0.05, 0) is 30.3 Å². The molecule has 1 heterocycles. The zero-order chi connectivity index (χ0) is 17.3. The first-order chi connectivity index (χ1) is 11.4. The van der Waals surface area contributed by atoms with E-state index in [1.54, 1.807) is 43.4 Å². The van der Waals surface area contributed by atoms with E-state index in [-0.39, 0.29) is 10.7 Å². The molecule has 0 atom stereocenters. The van der Waals surface area contributed by atoms with E-state index < -0.39 is 9.84 Å². The molecule has 2 aromatic carbocycles. The molecular weight excluding hydrogens is 347 g/mol. The first kappa shape index (κ1) is 16.6. The molecule has 24 heavy (non-hydrogen) atoms. The van der Waals surface area contributed by atoms with Crippen LogP contribution in [0.2, 0.25) is 0 Å². The van der Waals surface area contributed by atoms with Gasteiger partial charge in [0.1, 0.15) is 5.82 Å².